The number of halogens is 1. The molecular weight excluding hydrogens is 306 g/mol. The number of hydrogen-bond acceptors (Lipinski definition) is 5. The molecule has 1 aliphatic heterocycles. The number of benzene rings is 1. The molecule has 1 aromatic carbocycles. The molecule has 0 saturated heterocycles. The first kappa shape index (κ1) is 14.2. The Morgan fingerprint density at radius 3 is 2.74 bits per heavy atom. The second kappa shape index (κ2) is 6.27. The van der Waals surface area contributed by atoms with Crippen LogP contribution in [0.15, 0.2) is 35.0 Å². The van der Waals surface area contributed by atoms with E-state index in [9.17, 15) is 9.59 Å². The SMILES string of the molecule is O=C(O)CSC1=NC(=Cc2ccc(Cl)cc2)C(=O)S1. The molecule has 7 heteroatoms. The summed E-state index contributed by atoms with van der Waals surface area (Å²) in [6.07, 6.45) is 1.65. The highest BCUT2D eigenvalue weighted by atomic mass is 35.5. The zero-order valence-electron chi connectivity index (χ0n) is 9.50. The molecule has 0 fully saturated rings. The van der Waals surface area contributed by atoms with Gasteiger partial charge in [-0.3, -0.25) is 9.59 Å². The quantitative estimate of drug-likeness (QED) is 0.868. The van der Waals surface area contributed by atoms with E-state index in [1.165, 1.54) is 0 Å². The number of nitrogens with zero attached hydrogens (tertiary/aromatic N) is 1. The van der Waals surface area contributed by atoms with Crippen LogP contribution in [0.2, 0.25) is 5.02 Å². The third-order valence-corrected chi connectivity index (χ3v) is 4.34. The number of hydrogen-bond donors (Lipinski definition) is 1. The van der Waals surface area contributed by atoms with E-state index in [1.54, 1.807) is 30.3 Å². The van der Waals surface area contributed by atoms with E-state index in [-0.39, 0.29) is 10.9 Å². The second-order valence-corrected chi connectivity index (χ2v) is 6.15. The van der Waals surface area contributed by atoms with Gasteiger partial charge in [0.1, 0.15) is 10.1 Å². The Hall–Kier alpha value is -1.24. The fourth-order valence-corrected chi connectivity index (χ4v) is 2.98. The molecule has 0 bridgehead atoms. The van der Waals surface area contributed by atoms with Crippen molar-refractivity contribution in [1.82, 2.24) is 0 Å². The second-order valence-electron chi connectivity index (χ2n) is 3.53. The summed E-state index contributed by atoms with van der Waals surface area (Å²) in [4.78, 5) is 26.3. The highest BCUT2D eigenvalue weighted by Gasteiger charge is 2.22. The molecule has 0 unspecified atom stereocenters. The van der Waals surface area contributed by atoms with Crippen LogP contribution in [0.3, 0.4) is 0 Å². The summed E-state index contributed by atoms with van der Waals surface area (Å²) in [5.74, 6) is -1.04. The van der Waals surface area contributed by atoms with Gasteiger partial charge in [-0.1, -0.05) is 35.5 Å². The van der Waals surface area contributed by atoms with Gasteiger partial charge in [0.15, 0.2) is 0 Å². The van der Waals surface area contributed by atoms with Crippen molar-refractivity contribution in [3.63, 3.8) is 0 Å². The van der Waals surface area contributed by atoms with Crippen LogP contribution in [0, 0.1) is 0 Å². The monoisotopic (exact) mass is 313 g/mol. The van der Waals surface area contributed by atoms with Crippen LogP contribution in [0.1, 0.15) is 5.56 Å². The van der Waals surface area contributed by atoms with Crippen LogP contribution < -0.4 is 0 Å². The first-order chi connectivity index (χ1) is 9.04. The first-order valence-electron chi connectivity index (χ1n) is 5.17. The smallest absolute Gasteiger partial charge is 0.313 e. The number of carboxylic acid groups (broad SMARTS) is 1. The third kappa shape index (κ3) is 4.12. The van der Waals surface area contributed by atoms with E-state index < -0.39 is 5.97 Å². The van der Waals surface area contributed by atoms with Crippen molar-refractivity contribution in [3.8, 4) is 0 Å². The fraction of sp³-hybridized carbons (Fsp3) is 0.0833. The Kier molecular flexibility index (Phi) is 4.68. The van der Waals surface area contributed by atoms with Crippen molar-refractivity contribution in [3.05, 3.63) is 40.5 Å². The highest BCUT2D eigenvalue weighted by Crippen LogP contribution is 2.30. The average molecular weight is 314 g/mol. The number of aliphatic imine (C=N–C) groups is 1. The minimum atomic E-state index is -0.934. The van der Waals surface area contributed by atoms with Gasteiger partial charge in [0.25, 0.3) is 0 Å². The predicted molar refractivity (Wildman–Crippen MR) is 79.6 cm³/mol. The topological polar surface area (TPSA) is 66.7 Å². The summed E-state index contributed by atoms with van der Waals surface area (Å²) < 4.78 is 0.465. The Balaban J connectivity index is 2.13. The molecule has 1 aliphatic rings. The zero-order valence-corrected chi connectivity index (χ0v) is 11.9. The van der Waals surface area contributed by atoms with Gasteiger partial charge in [0.05, 0.1) is 5.75 Å². The first-order valence-corrected chi connectivity index (χ1v) is 7.35. The molecule has 0 aliphatic carbocycles. The molecule has 1 heterocycles. The average Bonchev–Trinajstić information content (AvgIpc) is 2.71. The van der Waals surface area contributed by atoms with Crippen LogP contribution in [0.4, 0.5) is 0 Å². The summed E-state index contributed by atoms with van der Waals surface area (Å²) in [6.45, 7) is 0. The molecule has 1 aromatic rings. The van der Waals surface area contributed by atoms with Gasteiger partial charge in [-0.15, -0.1) is 0 Å². The van der Waals surface area contributed by atoms with E-state index in [1.807, 2.05) is 0 Å². The Morgan fingerprint density at radius 1 is 1.42 bits per heavy atom. The number of carbonyl (C=O) groups is 2. The number of carbonyl (C=O) groups excluding carboxylic acids is 1. The number of rotatable bonds is 3. The van der Waals surface area contributed by atoms with Gasteiger partial charge < -0.3 is 5.11 Å². The van der Waals surface area contributed by atoms with Gasteiger partial charge in [-0.05, 0) is 35.5 Å². The van der Waals surface area contributed by atoms with Crippen molar-refractivity contribution >= 4 is 56.7 Å². The minimum absolute atomic E-state index is 0.104. The molecule has 0 radical (unpaired) electrons. The zero-order chi connectivity index (χ0) is 13.8. The summed E-state index contributed by atoms with van der Waals surface area (Å²) in [5.41, 5.74) is 1.14. The van der Waals surface area contributed by atoms with Gasteiger partial charge in [-0.25, -0.2) is 4.99 Å². The van der Waals surface area contributed by atoms with Gasteiger partial charge in [0, 0.05) is 5.02 Å². The van der Waals surface area contributed by atoms with Crippen molar-refractivity contribution in [1.29, 1.82) is 0 Å². The van der Waals surface area contributed by atoms with Crippen LogP contribution in [-0.2, 0) is 9.59 Å². The maximum Gasteiger partial charge on any atom is 0.313 e. The molecule has 0 spiro atoms. The Morgan fingerprint density at radius 2 is 2.11 bits per heavy atom. The standard InChI is InChI=1S/C12H8ClNO3S2/c13-8-3-1-7(2-4-8)5-9-11(17)19-12(14-9)18-6-10(15)16/h1-5H,6H2,(H,15,16). The summed E-state index contributed by atoms with van der Waals surface area (Å²) in [5, 5.41) is 9.01. The van der Waals surface area contributed by atoms with Gasteiger partial charge in [0.2, 0.25) is 5.12 Å². The van der Waals surface area contributed by atoms with Crippen LogP contribution >= 0.6 is 35.1 Å². The molecule has 0 saturated carbocycles. The summed E-state index contributed by atoms with van der Waals surface area (Å²) >= 11 is 7.77. The molecule has 98 valence electrons. The fourth-order valence-electron chi connectivity index (χ4n) is 1.29. The van der Waals surface area contributed by atoms with Gasteiger partial charge >= 0.3 is 5.97 Å². The normalized spacial score (nSPS) is 16.8. The number of carboxylic acids is 1. The lowest BCUT2D eigenvalue weighted by Gasteiger charge is -1.94. The molecule has 0 amide bonds. The van der Waals surface area contributed by atoms with E-state index in [0.717, 1.165) is 29.1 Å². The van der Waals surface area contributed by atoms with E-state index in [0.29, 0.717) is 15.1 Å². The molecule has 0 atom stereocenters. The summed E-state index contributed by atoms with van der Waals surface area (Å²) in [6, 6.07) is 7.02. The van der Waals surface area contributed by atoms with Crippen molar-refractivity contribution < 1.29 is 14.7 Å². The van der Waals surface area contributed by atoms with E-state index in [2.05, 4.69) is 4.99 Å². The molecule has 4 nitrogen and oxygen atoms in total. The maximum atomic E-state index is 11.7. The largest absolute Gasteiger partial charge is 0.481 e. The van der Waals surface area contributed by atoms with E-state index >= 15 is 0 Å². The minimum Gasteiger partial charge on any atom is -0.481 e. The number of aliphatic carboxylic acids is 1. The van der Waals surface area contributed by atoms with Crippen LogP contribution in [-0.4, -0.2) is 26.3 Å². The lowest BCUT2D eigenvalue weighted by atomic mass is 10.2. The predicted octanol–water partition coefficient (Wildman–Crippen LogP) is 3.13. The third-order valence-electron chi connectivity index (χ3n) is 2.09. The van der Waals surface area contributed by atoms with Crippen LogP contribution in [0.25, 0.3) is 6.08 Å². The lowest BCUT2D eigenvalue weighted by Crippen LogP contribution is -1.99. The maximum absolute atomic E-state index is 11.7. The number of thioether (sulfide) groups is 2. The van der Waals surface area contributed by atoms with Crippen LogP contribution in [0.5, 0.6) is 0 Å². The van der Waals surface area contributed by atoms with Crippen molar-refractivity contribution in [2.45, 2.75) is 0 Å². The Labute approximate surface area is 122 Å². The lowest BCUT2D eigenvalue weighted by molar-refractivity contribution is -0.133. The van der Waals surface area contributed by atoms with Gasteiger partial charge in [-0.2, -0.15) is 0 Å². The van der Waals surface area contributed by atoms with Crippen molar-refractivity contribution in [2.75, 3.05) is 5.75 Å². The molecule has 19 heavy (non-hydrogen) atoms. The molecule has 1 N–H and O–H groups in total. The molecular formula is C12H8ClNO3S2. The van der Waals surface area contributed by atoms with E-state index in [4.69, 9.17) is 16.7 Å². The molecule has 0 aromatic heterocycles. The van der Waals surface area contributed by atoms with Crippen molar-refractivity contribution in [2.24, 2.45) is 4.99 Å². The summed E-state index contributed by atoms with van der Waals surface area (Å²) in [7, 11) is 0. The highest BCUT2D eigenvalue weighted by molar-refractivity contribution is 8.45. The Bertz CT molecular complexity index is 581. The molecule has 2 rings (SSSR count).